The first-order valence-corrected chi connectivity index (χ1v) is 6.55. The van der Waals surface area contributed by atoms with Crippen molar-refractivity contribution in [2.45, 2.75) is 32.7 Å². The SMILES string of the molecule is CCc1ccc(CC(NN)c2ccncc2C)nc1. The lowest BCUT2D eigenvalue weighted by molar-refractivity contribution is 0.542. The molecule has 3 N–H and O–H groups in total. The van der Waals surface area contributed by atoms with Crippen LogP contribution in [0.4, 0.5) is 0 Å². The van der Waals surface area contributed by atoms with Crippen LogP contribution in [0.5, 0.6) is 0 Å². The van der Waals surface area contributed by atoms with E-state index in [-0.39, 0.29) is 6.04 Å². The van der Waals surface area contributed by atoms with E-state index in [0.717, 1.165) is 24.1 Å². The maximum atomic E-state index is 5.68. The van der Waals surface area contributed by atoms with Crippen LogP contribution in [0.3, 0.4) is 0 Å². The second kappa shape index (κ2) is 6.41. The molecule has 0 bridgehead atoms. The van der Waals surface area contributed by atoms with Gasteiger partial charge in [0.1, 0.15) is 0 Å². The molecule has 19 heavy (non-hydrogen) atoms. The topological polar surface area (TPSA) is 63.8 Å². The molecule has 1 atom stereocenters. The molecule has 0 aliphatic carbocycles. The summed E-state index contributed by atoms with van der Waals surface area (Å²) in [5, 5.41) is 0. The zero-order chi connectivity index (χ0) is 13.7. The number of nitrogens with two attached hydrogens (primary N) is 1. The summed E-state index contributed by atoms with van der Waals surface area (Å²) in [7, 11) is 0. The quantitative estimate of drug-likeness (QED) is 0.635. The number of nitrogens with one attached hydrogen (secondary N) is 1. The van der Waals surface area contributed by atoms with Crippen molar-refractivity contribution in [3.63, 3.8) is 0 Å². The van der Waals surface area contributed by atoms with Crippen molar-refractivity contribution in [1.82, 2.24) is 15.4 Å². The Labute approximate surface area is 114 Å². The lowest BCUT2D eigenvalue weighted by Crippen LogP contribution is -2.30. The van der Waals surface area contributed by atoms with Gasteiger partial charge >= 0.3 is 0 Å². The Morgan fingerprint density at radius 1 is 1.26 bits per heavy atom. The van der Waals surface area contributed by atoms with Gasteiger partial charge in [-0.05, 0) is 42.2 Å². The van der Waals surface area contributed by atoms with Gasteiger partial charge in [-0.3, -0.25) is 21.2 Å². The van der Waals surface area contributed by atoms with Gasteiger partial charge in [-0.15, -0.1) is 0 Å². The van der Waals surface area contributed by atoms with Crippen LogP contribution in [0.1, 0.15) is 35.3 Å². The van der Waals surface area contributed by atoms with Gasteiger partial charge in [0.25, 0.3) is 0 Å². The molecule has 0 aliphatic heterocycles. The molecule has 100 valence electrons. The third-order valence-corrected chi connectivity index (χ3v) is 3.35. The highest BCUT2D eigenvalue weighted by Crippen LogP contribution is 2.19. The standard InChI is InChI=1S/C15H20N4/c1-3-12-4-5-13(18-10-12)8-15(19-16)14-6-7-17-9-11(14)2/h4-7,9-10,15,19H,3,8,16H2,1-2H3. The largest absolute Gasteiger partial charge is 0.271 e. The second-order valence-corrected chi connectivity index (χ2v) is 4.67. The average Bonchev–Trinajstić information content (AvgIpc) is 2.46. The third-order valence-electron chi connectivity index (χ3n) is 3.35. The minimum atomic E-state index is 0.0583. The lowest BCUT2D eigenvalue weighted by atomic mass is 9.99. The van der Waals surface area contributed by atoms with E-state index in [1.54, 1.807) is 6.20 Å². The molecule has 1 unspecified atom stereocenters. The number of hydrogen-bond donors (Lipinski definition) is 2. The van der Waals surface area contributed by atoms with Gasteiger partial charge in [0.15, 0.2) is 0 Å². The monoisotopic (exact) mass is 256 g/mol. The Morgan fingerprint density at radius 2 is 2.11 bits per heavy atom. The molecule has 0 fully saturated rings. The number of hydrazine groups is 1. The van der Waals surface area contributed by atoms with E-state index in [9.17, 15) is 0 Å². The number of rotatable bonds is 5. The van der Waals surface area contributed by atoms with E-state index in [1.807, 2.05) is 25.4 Å². The molecular weight excluding hydrogens is 236 g/mol. The summed E-state index contributed by atoms with van der Waals surface area (Å²) in [4.78, 5) is 8.59. The molecule has 2 heterocycles. The van der Waals surface area contributed by atoms with Gasteiger partial charge in [-0.1, -0.05) is 13.0 Å². The Morgan fingerprint density at radius 3 is 2.68 bits per heavy atom. The maximum absolute atomic E-state index is 5.68. The number of hydrogen-bond acceptors (Lipinski definition) is 4. The van der Waals surface area contributed by atoms with Crippen LogP contribution in [0.2, 0.25) is 0 Å². The summed E-state index contributed by atoms with van der Waals surface area (Å²) in [5.74, 6) is 5.68. The normalized spacial score (nSPS) is 12.4. The molecule has 4 nitrogen and oxygen atoms in total. The lowest BCUT2D eigenvalue weighted by Gasteiger charge is -2.17. The highest BCUT2D eigenvalue weighted by molar-refractivity contribution is 5.27. The first-order valence-electron chi connectivity index (χ1n) is 6.55. The van der Waals surface area contributed by atoms with Crippen molar-refractivity contribution in [3.05, 3.63) is 59.2 Å². The van der Waals surface area contributed by atoms with Crippen molar-refractivity contribution < 1.29 is 0 Å². The maximum Gasteiger partial charge on any atom is 0.0519 e. The van der Waals surface area contributed by atoms with E-state index in [1.165, 1.54) is 11.1 Å². The molecule has 4 heteroatoms. The van der Waals surface area contributed by atoms with Crippen molar-refractivity contribution in [1.29, 1.82) is 0 Å². The average molecular weight is 256 g/mol. The van der Waals surface area contributed by atoms with Crippen LogP contribution in [0.25, 0.3) is 0 Å². The van der Waals surface area contributed by atoms with Crippen LogP contribution in [-0.4, -0.2) is 9.97 Å². The van der Waals surface area contributed by atoms with Crippen LogP contribution < -0.4 is 11.3 Å². The van der Waals surface area contributed by atoms with Crippen LogP contribution in [0.15, 0.2) is 36.8 Å². The Balaban J connectivity index is 2.17. The van der Waals surface area contributed by atoms with Crippen molar-refractivity contribution in [2.75, 3.05) is 0 Å². The van der Waals surface area contributed by atoms with Gasteiger partial charge in [0, 0.05) is 30.7 Å². The smallest absolute Gasteiger partial charge is 0.0519 e. The van der Waals surface area contributed by atoms with Crippen LogP contribution in [-0.2, 0) is 12.8 Å². The zero-order valence-corrected chi connectivity index (χ0v) is 11.4. The third kappa shape index (κ3) is 3.36. The van der Waals surface area contributed by atoms with Gasteiger partial charge in [-0.2, -0.15) is 0 Å². The predicted molar refractivity (Wildman–Crippen MR) is 76.4 cm³/mol. The molecular formula is C15H20N4. The van der Waals surface area contributed by atoms with Gasteiger partial charge in [0.2, 0.25) is 0 Å². The fourth-order valence-corrected chi connectivity index (χ4v) is 2.13. The summed E-state index contributed by atoms with van der Waals surface area (Å²) < 4.78 is 0. The molecule has 0 radical (unpaired) electrons. The molecule has 0 saturated carbocycles. The van der Waals surface area contributed by atoms with E-state index >= 15 is 0 Å². The van der Waals surface area contributed by atoms with E-state index in [2.05, 4.69) is 34.5 Å². The fourth-order valence-electron chi connectivity index (χ4n) is 2.13. The van der Waals surface area contributed by atoms with Gasteiger partial charge < -0.3 is 0 Å². The van der Waals surface area contributed by atoms with Crippen LogP contribution >= 0.6 is 0 Å². The van der Waals surface area contributed by atoms with Gasteiger partial charge in [0.05, 0.1) is 6.04 Å². The summed E-state index contributed by atoms with van der Waals surface area (Å²) in [6.45, 7) is 4.17. The van der Waals surface area contributed by atoms with E-state index in [0.29, 0.717) is 0 Å². The first kappa shape index (κ1) is 13.6. The minimum absolute atomic E-state index is 0.0583. The first-order chi connectivity index (χ1) is 9.24. The van der Waals surface area contributed by atoms with Crippen molar-refractivity contribution in [2.24, 2.45) is 5.84 Å². The molecule has 2 aromatic heterocycles. The van der Waals surface area contributed by atoms with Crippen molar-refractivity contribution >= 4 is 0 Å². The molecule has 2 aromatic rings. The summed E-state index contributed by atoms with van der Waals surface area (Å²) in [5.41, 5.74) is 7.46. The minimum Gasteiger partial charge on any atom is -0.271 e. The van der Waals surface area contributed by atoms with Crippen LogP contribution in [0, 0.1) is 6.92 Å². The molecule has 0 amide bonds. The van der Waals surface area contributed by atoms with E-state index < -0.39 is 0 Å². The fraction of sp³-hybridized carbons (Fsp3) is 0.333. The summed E-state index contributed by atoms with van der Waals surface area (Å²) in [6, 6.07) is 6.25. The Kier molecular flexibility index (Phi) is 4.60. The van der Waals surface area contributed by atoms with Crippen molar-refractivity contribution in [3.8, 4) is 0 Å². The molecule has 2 rings (SSSR count). The number of nitrogens with zero attached hydrogens (tertiary/aromatic N) is 2. The second-order valence-electron chi connectivity index (χ2n) is 4.67. The molecule has 0 saturated heterocycles. The summed E-state index contributed by atoms with van der Waals surface area (Å²) >= 11 is 0. The highest BCUT2D eigenvalue weighted by atomic mass is 15.2. The molecule has 0 aromatic carbocycles. The number of aryl methyl sites for hydroxylation is 2. The molecule has 0 aliphatic rings. The van der Waals surface area contributed by atoms with Gasteiger partial charge in [-0.25, -0.2) is 0 Å². The molecule has 0 spiro atoms. The number of aromatic nitrogens is 2. The number of pyridine rings is 2. The zero-order valence-electron chi connectivity index (χ0n) is 11.4. The Hall–Kier alpha value is -1.78. The highest BCUT2D eigenvalue weighted by Gasteiger charge is 2.13. The summed E-state index contributed by atoms with van der Waals surface area (Å²) in [6.07, 6.45) is 7.36. The Bertz CT molecular complexity index is 522. The van der Waals surface area contributed by atoms with E-state index in [4.69, 9.17) is 5.84 Å². The predicted octanol–water partition coefficient (Wildman–Crippen LogP) is 2.09.